The standard InChI is InChI=1S/C12H17BrN4O2.2ClH/c1-12(2,14)11(19)17(3)7-10(18)16-9-5-4-8(13)6-15-9;;/h4-6H,7,14H2,1-3H3,(H,15,16,18);2*1H. The normalized spacial score (nSPS) is 9.95. The van der Waals surface area contributed by atoms with Gasteiger partial charge in [0.05, 0.1) is 12.1 Å². The number of aromatic nitrogens is 1. The van der Waals surface area contributed by atoms with Gasteiger partial charge in [-0.05, 0) is 41.9 Å². The van der Waals surface area contributed by atoms with Gasteiger partial charge in [0.2, 0.25) is 11.8 Å². The summed E-state index contributed by atoms with van der Waals surface area (Å²) in [6, 6.07) is 3.43. The molecule has 1 heterocycles. The van der Waals surface area contributed by atoms with Crippen molar-refractivity contribution in [3.63, 3.8) is 0 Å². The zero-order chi connectivity index (χ0) is 14.6. The van der Waals surface area contributed by atoms with Crippen LogP contribution < -0.4 is 11.1 Å². The van der Waals surface area contributed by atoms with E-state index in [1.165, 1.54) is 11.9 Å². The first-order chi connectivity index (χ1) is 8.70. The third-order valence-corrected chi connectivity index (χ3v) is 2.74. The second-order valence-electron chi connectivity index (χ2n) is 4.79. The predicted molar refractivity (Wildman–Crippen MR) is 91.0 cm³/mol. The van der Waals surface area contributed by atoms with E-state index in [9.17, 15) is 9.59 Å². The topological polar surface area (TPSA) is 88.3 Å². The molecule has 0 spiro atoms. The van der Waals surface area contributed by atoms with Crippen LogP contribution in [0.3, 0.4) is 0 Å². The van der Waals surface area contributed by atoms with Gasteiger partial charge in [0.15, 0.2) is 0 Å². The number of anilines is 1. The molecule has 0 unspecified atom stereocenters. The minimum atomic E-state index is -0.995. The molecule has 0 fully saturated rings. The molecule has 6 nitrogen and oxygen atoms in total. The largest absolute Gasteiger partial charge is 0.335 e. The SMILES string of the molecule is CN(CC(=O)Nc1ccc(Br)cn1)C(=O)C(C)(C)N.Cl.Cl. The van der Waals surface area contributed by atoms with E-state index < -0.39 is 5.54 Å². The van der Waals surface area contributed by atoms with Crippen molar-refractivity contribution in [2.24, 2.45) is 5.73 Å². The Morgan fingerprint density at radius 2 is 1.95 bits per heavy atom. The summed E-state index contributed by atoms with van der Waals surface area (Å²) in [6.45, 7) is 3.12. The number of likely N-dealkylation sites (N-methyl/N-ethyl adjacent to an activating group) is 1. The Kier molecular flexibility index (Phi) is 9.80. The van der Waals surface area contributed by atoms with Gasteiger partial charge in [-0.1, -0.05) is 0 Å². The van der Waals surface area contributed by atoms with Gasteiger partial charge in [0, 0.05) is 17.7 Å². The van der Waals surface area contributed by atoms with E-state index in [1.807, 2.05) is 0 Å². The molecule has 0 bridgehead atoms. The second-order valence-corrected chi connectivity index (χ2v) is 5.71. The molecule has 0 aliphatic rings. The van der Waals surface area contributed by atoms with Crippen LogP contribution in [0.2, 0.25) is 0 Å². The van der Waals surface area contributed by atoms with Crippen LogP contribution in [0.5, 0.6) is 0 Å². The average Bonchev–Trinajstić information content (AvgIpc) is 2.29. The highest BCUT2D eigenvalue weighted by molar-refractivity contribution is 9.10. The molecule has 0 saturated heterocycles. The van der Waals surface area contributed by atoms with E-state index >= 15 is 0 Å². The fraction of sp³-hybridized carbons (Fsp3) is 0.417. The number of nitrogens with one attached hydrogen (secondary N) is 1. The fourth-order valence-corrected chi connectivity index (χ4v) is 1.65. The average molecular weight is 402 g/mol. The molecule has 1 aromatic rings. The third-order valence-electron chi connectivity index (χ3n) is 2.27. The van der Waals surface area contributed by atoms with Gasteiger partial charge in [-0.3, -0.25) is 9.59 Å². The number of nitrogens with zero attached hydrogens (tertiary/aromatic N) is 2. The molecule has 1 rings (SSSR count). The van der Waals surface area contributed by atoms with E-state index in [0.29, 0.717) is 5.82 Å². The van der Waals surface area contributed by atoms with E-state index in [0.717, 1.165) is 4.47 Å². The first-order valence-electron chi connectivity index (χ1n) is 5.66. The summed E-state index contributed by atoms with van der Waals surface area (Å²) in [4.78, 5) is 28.8. The zero-order valence-corrected chi connectivity index (χ0v) is 15.1. The lowest BCUT2D eigenvalue weighted by molar-refractivity contribution is -0.137. The molecular weight excluding hydrogens is 383 g/mol. The van der Waals surface area contributed by atoms with Gasteiger partial charge >= 0.3 is 0 Å². The van der Waals surface area contributed by atoms with E-state index in [-0.39, 0.29) is 43.2 Å². The van der Waals surface area contributed by atoms with Crippen molar-refractivity contribution in [2.75, 3.05) is 18.9 Å². The Morgan fingerprint density at radius 1 is 1.38 bits per heavy atom. The van der Waals surface area contributed by atoms with Crippen LogP contribution in [0, 0.1) is 0 Å². The van der Waals surface area contributed by atoms with Crippen LogP contribution in [-0.4, -0.2) is 40.8 Å². The highest BCUT2D eigenvalue weighted by Crippen LogP contribution is 2.10. The van der Waals surface area contributed by atoms with Gasteiger partial charge < -0.3 is 16.0 Å². The van der Waals surface area contributed by atoms with Crippen molar-refractivity contribution in [3.8, 4) is 0 Å². The fourth-order valence-electron chi connectivity index (χ4n) is 1.41. The van der Waals surface area contributed by atoms with Crippen LogP contribution >= 0.6 is 40.7 Å². The van der Waals surface area contributed by atoms with Crippen LogP contribution in [0.1, 0.15) is 13.8 Å². The number of hydrogen-bond donors (Lipinski definition) is 2. The summed E-state index contributed by atoms with van der Waals surface area (Å²) < 4.78 is 0.822. The Hall–Kier alpha value is -0.890. The Balaban J connectivity index is 0. The Bertz CT molecular complexity index is 477. The van der Waals surface area contributed by atoms with Crippen LogP contribution in [0.15, 0.2) is 22.8 Å². The molecule has 0 saturated carbocycles. The zero-order valence-electron chi connectivity index (χ0n) is 11.9. The van der Waals surface area contributed by atoms with Crippen LogP contribution in [-0.2, 0) is 9.59 Å². The molecule has 2 amide bonds. The molecule has 0 aromatic carbocycles. The number of nitrogens with two attached hydrogens (primary N) is 1. The number of hydrogen-bond acceptors (Lipinski definition) is 4. The van der Waals surface area contributed by atoms with Gasteiger partial charge in [-0.25, -0.2) is 4.98 Å². The molecule has 0 atom stereocenters. The number of pyridine rings is 1. The van der Waals surface area contributed by atoms with Crippen LogP contribution in [0.4, 0.5) is 5.82 Å². The van der Waals surface area contributed by atoms with E-state index in [1.54, 1.807) is 32.2 Å². The summed E-state index contributed by atoms with van der Waals surface area (Å²) in [6.07, 6.45) is 1.58. The van der Waals surface area contributed by atoms with Crippen molar-refractivity contribution in [1.82, 2.24) is 9.88 Å². The molecule has 0 radical (unpaired) electrons. The monoisotopic (exact) mass is 400 g/mol. The molecule has 0 aliphatic heterocycles. The molecular formula is C12H19BrCl2N4O2. The van der Waals surface area contributed by atoms with Gasteiger partial charge in [0.25, 0.3) is 0 Å². The summed E-state index contributed by atoms with van der Waals surface area (Å²) in [5.41, 5.74) is 4.69. The summed E-state index contributed by atoms with van der Waals surface area (Å²) in [7, 11) is 1.53. The molecule has 9 heteroatoms. The number of rotatable bonds is 4. The maximum atomic E-state index is 11.8. The number of carbonyl (C=O) groups excluding carboxylic acids is 2. The van der Waals surface area contributed by atoms with E-state index in [2.05, 4.69) is 26.2 Å². The molecule has 21 heavy (non-hydrogen) atoms. The second kappa shape index (κ2) is 9.19. The maximum Gasteiger partial charge on any atom is 0.245 e. The number of carbonyl (C=O) groups is 2. The van der Waals surface area contributed by atoms with Crippen molar-refractivity contribution >= 4 is 58.4 Å². The van der Waals surface area contributed by atoms with Crippen molar-refractivity contribution in [2.45, 2.75) is 19.4 Å². The van der Waals surface area contributed by atoms with Crippen LogP contribution in [0.25, 0.3) is 0 Å². The summed E-state index contributed by atoms with van der Waals surface area (Å²) in [5, 5.41) is 2.60. The first-order valence-corrected chi connectivity index (χ1v) is 6.45. The third kappa shape index (κ3) is 7.61. The quantitative estimate of drug-likeness (QED) is 0.805. The molecule has 1 aromatic heterocycles. The lowest BCUT2D eigenvalue weighted by Gasteiger charge is -2.25. The van der Waals surface area contributed by atoms with Gasteiger partial charge in [-0.15, -0.1) is 24.8 Å². The maximum absolute atomic E-state index is 11.8. The Morgan fingerprint density at radius 3 is 2.38 bits per heavy atom. The molecule has 120 valence electrons. The number of halogens is 3. The summed E-state index contributed by atoms with van der Waals surface area (Å²) >= 11 is 3.25. The first kappa shape index (κ1) is 22.4. The number of amides is 2. The minimum Gasteiger partial charge on any atom is -0.335 e. The van der Waals surface area contributed by atoms with E-state index in [4.69, 9.17) is 5.73 Å². The van der Waals surface area contributed by atoms with Gasteiger partial charge in [-0.2, -0.15) is 0 Å². The van der Waals surface area contributed by atoms with Gasteiger partial charge in [0.1, 0.15) is 5.82 Å². The highest BCUT2D eigenvalue weighted by atomic mass is 79.9. The van der Waals surface area contributed by atoms with Crippen molar-refractivity contribution in [1.29, 1.82) is 0 Å². The summed E-state index contributed by atoms with van der Waals surface area (Å²) in [5.74, 6) is -0.192. The smallest absolute Gasteiger partial charge is 0.245 e. The Labute approximate surface area is 144 Å². The lowest BCUT2D eigenvalue weighted by atomic mass is 10.1. The molecule has 3 N–H and O–H groups in total. The predicted octanol–water partition coefficient (Wildman–Crippen LogP) is 1.82. The molecule has 0 aliphatic carbocycles. The lowest BCUT2D eigenvalue weighted by Crippen LogP contribution is -2.51. The van der Waals surface area contributed by atoms with Crippen molar-refractivity contribution in [3.05, 3.63) is 22.8 Å². The highest BCUT2D eigenvalue weighted by Gasteiger charge is 2.26. The van der Waals surface area contributed by atoms with Crippen molar-refractivity contribution < 1.29 is 9.59 Å². The minimum absolute atomic E-state index is 0.